The molecule has 0 saturated carbocycles. The Morgan fingerprint density at radius 1 is 1.04 bits per heavy atom. The highest BCUT2D eigenvalue weighted by molar-refractivity contribution is 6.38. The quantitative estimate of drug-likeness (QED) is 0.542. The maximum atomic E-state index is 14.5. The average molecular weight is 372 g/mol. The molecule has 2 amide bonds. The van der Waals surface area contributed by atoms with E-state index in [4.69, 9.17) is 0 Å². The molecule has 28 heavy (non-hydrogen) atoms. The molecule has 0 unspecified atom stereocenters. The van der Waals surface area contributed by atoms with Gasteiger partial charge < -0.3 is 0 Å². The summed E-state index contributed by atoms with van der Waals surface area (Å²) in [5.74, 6) is -1.82. The summed E-state index contributed by atoms with van der Waals surface area (Å²) >= 11 is 0. The second-order valence-electron chi connectivity index (χ2n) is 6.61. The summed E-state index contributed by atoms with van der Waals surface area (Å²) in [6.07, 6.45) is 1.32. The van der Waals surface area contributed by atoms with Gasteiger partial charge in [-0.3, -0.25) is 14.7 Å². The molecule has 136 valence electrons. The van der Waals surface area contributed by atoms with Crippen LogP contribution in [0.2, 0.25) is 0 Å². The SMILES string of the molecule is Cc1ccc(N2C(=O)c3cnc4n[nH]c(-c5ccccc5)c4c3C2=O)c(F)c1. The van der Waals surface area contributed by atoms with Crippen LogP contribution in [0.1, 0.15) is 26.3 Å². The Morgan fingerprint density at radius 3 is 2.57 bits per heavy atom. The van der Waals surface area contributed by atoms with Gasteiger partial charge >= 0.3 is 0 Å². The summed E-state index contributed by atoms with van der Waals surface area (Å²) in [4.78, 5) is 31.2. The van der Waals surface area contributed by atoms with Gasteiger partial charge in [-0.1, -0.05) is 36.4 Å². The Balaban J connectivity index is 1.75. The number of amides is 2. The normalized spacial score (nSPS) is 13.4. The van der Waals surface area contributed by atoms with Crippen LogP contribution in [0.15, 0.2) is 54.7 Å². The third-order valence-electron chi connectivity index (χ3n) is 4.84. The molecule has 0 atom stereocenters. The zero-order chi connectivity index (χ0) is 19.4. The molecule has 3 heterocycles. The van der Waals surface area contributed by atoms with Crippen molar-refractivity contribution in [2.45, 2.75) is 6.92 Å². The largest absolute Gasteiger partial charge is 0.275 e. The Bertz CT molecular complexity index is 1280. The zero-order valence-electron chi connectivity index (χ0n) is 14.7. The average Bonchev–Trinajstić information content (AvgIpc) is 3.23. The van der Waals surface area contributed by atoms with Gasteiger partial charge in [0.25, 0.3) is 11.8 Å². The molecule has 1 N–H and O–H groups in total. The number of hydrogen-bond acceptors (Lipinski definition) is 4. The second-order valence-corrected chi connectivity index (χ2v) is 6.61. The van der Waals surface area contributed by atoms with Crippen LogP contribution in [-0.4, -0.2) is 27.0 Å². The van der Waals surface area contributed by atoms with E-state index < -0.39 is 17.6 Å². The van der Waals surface area contributed by atoms with E-state index >= 15 is 0 Å². The van der Waals surface area contributed by atoms with Gasteiger partial charge in [0.15, 0.2) is 5.65 Å². The van der Waals surface area contributed by atoms with E-state index in [9.17, 15) is 14.0 Å². The van der Waals surface area contributed by atoms with E-state index in [-0.39, 0.29) is 16.8 Å². The predicted octanol–water partition coefficient (Wildman–Crippen LogP) is 3.87. The number of hydrogen-bond donors (Lipinski definition) is 1. The summed E-state index contributed by atoms with van der Waals surface area (Å²) in [5.41, 5.74) is 2.66. The molecule has 6 nitrogen and oxygen atoms in total. The first-order chi connectivity index (χ1) is 13.6. The molecule has 1 aliphatic rings. The first kappa shape index (κ1) is 16.3. The maximum Gasteiger partial charge on any atom is 0.267 e. The second kappa shape index (κ2) is 5.82. The minimum atomic E-state index is -0.630. The van der Waals surface area contributed by atoms with E-state index in [0.29, 0.717) is 22.3 Å². The van der Waals surface area contributed by atoms with E-state index in [1.165, 1.54) is 18.3 Å². The van der Waals surface area contributed by atoms with Gasteiger partial charge in [0.1, 0.15) is 5.82 Å². The van der Waals surface area contributed by atoms with E-state index in [1.807, 2.05) is 30.3 Å². The van der Waals surface area contributed by atoms with Crippen molar-refractivity contribution < 1.29 is 14.0 Å². The molecule has 1 aliphatic heterocycles. The highest BCUT2D eigenvalue weighted by Crippen LogP contribution is 2.37. The molecule has 0 saturated heterocycles. The number of nitrogens with one attached hydrogen (secondary N) is 1. The topological polar surface area (TPSA) is 79.0 Å². The molecule has 5 rings (SSSR count). The lowest BCUT2D eigenvalue weighted by Gasteiger charge is -2.15. The highest BCUT2D eigenvalue weighted by atomic mass is 19.1. The standard InChI is InChI=1S/C21H13FN4O2/c1-11-7-8-15(14(22)9-11)26-20(27)13-10-23-19-17(16(13)21(26)28)18(24-25-19)12-5-3-2-4-6-12/h2-10H,1H3,(H,23,24,25). The zero-order valence-corrected chi connectivity index (χ0v) is 14.7. The predicted molar refractivity (Wildman–Crippen MR) is 102 cm³/mol. The molecule has 7 heteroatoms. The number of fused-ring (bicyclic) bond motifs is 3. The number of carbonyl (C=O) groups is 2. The van der Waals surface area contributed by atoms with Crippen LogP contribution in [0.5, 0.6) is 0 Å². The molecule has 0 aliphatic carbocycles. The van der Waals surface area contributed by atoms with Crippen LogP contribution < -0.4 is 4.90 Å². The van der Waals surface area contributed by atoms with Crippen molar-refractivity contribution in [1.82, 2.24) is 15.2 Å². The number of imide groups is 1. The fraction of sp³-hybridized carbons (Fsp3) is 0.0476. The van der Waals surface area contributed by atoms with Gasteiger partial charge in [-0.25, -0.2) is 14.3 Å². The van der Waals surface area contributed by atoms with E-state index in [0.717, 1.165) is 10.5 Å². The van der Waals surface area contributed by atoms with Gasteiger partial charge in [-0.05, 0) is 24.6 Å². The molecule has 2 aromatic heterocycles. The molecule has 4 aromatic rings. The Labute approximate surface area is 158 Å². The van der Waals surface area contributed by atoms with Crippen LogP contribution in [0, 0.1) is 12.7 Å². The van der Waals surface area contributed by atoms with E-state index in [1.54, 1.807) is 13.0 Å². The number of aromatic nitrogens is 3. The number of benzene rings is 2. The number of anilines is 1. The fourth-order valence-electron chi connectivity index (χ4n) is 3.52. The number of aryl methyl sites for hydroxylation is 1. The lowest BCUT2D eigenvalue weighted by molar-refractivity contribution is 0.0925. The monoisotopic (exact) mass is 372 g/mol. The van der Waals surface area contributed by atoms with Crippen molar-refractivity contribution in [3.05, 3.63) is 77.2 Å². The van der Waals surface area contributed by atoms with Crippen LogP contribution in [0.4, 0.5) is 10.1 Å². The molecule has 0 bridgehead atoms. The van der Waals surface area contributed by atoms with E-state index in [2.05, 4.69) is 15.2 Å². The van der Waals surface area contributed by atoms with Crippen molar-refractivity contribution in [3.8, 4) is 11.3 Å². The highest BCUT2D eigenvalue weighted by Gasteiger charge is 2.41. The van der Waals surface area contributed by atoms with Gasteiger partial charge in [0.05, 0.1) is 27.9 Å². The summed E-state index contributed by atoms with van der Waals surface area (Å²) in [6, 6.07) is 13.7. The summed E-state index contributed by atoms with van der Waals surface area (Å²) < 4.78 is 14.5. The Kier molecular flexibility index (Phi) is 3.39. The first-order valence-electron chi connectivity index (χ1n) is 8.63. The van der Waals surface area contributed by atoms with Gasteiger partial charge in [0, 0.05) is 11.8 Å². The van der Waals surface area contributed by atoms with Gasteiger partial charge in [-0.15, -0.1) is 0 Å². The third-order valence-corrected chi connectivity index (χ3v) is 4.84. The van der Waals surface area contributed by atoms with Crippen molar-refractivity contribution in [2.24, 2.45) is 0 Å². The van der Waals surface area contributed by atoms with Crippen LogP contribution >= 0.6 is 0 Å². The molecule has 2 aromatic carbocycles. The number of halogens is 1. The Hall–Kier alpha value is -3.87. The van der Waals surface area contributed by atoms with Gasteiger partial charge in [-0.2, -0.15) is 5.10 Å². The molecule has 0 radical (unpaired) electrons. The number of aromatic amines is 1. The minimum Gasteiger partial charge on any atom is -0.275 e. The van der Waals surface area contributed by atoms with Crippen LogP contribution in [-0.2, 0) is 0 Å². The Morgan fingerprint density at radius 2 is 1.82 bits per heavy atom. The number of rotatable bonds is 2. The van der Waals surface area contributed by atoms with Crippen molar-refractivity contribution in [2.75, 3.05) is 4.90 Å². The fourth-order valence-corrected chi connectivity index (χ4v) is 3.52. The molecular weight excluding hydrogens is 359 g/mol. The number of nitrogens with zero attached hydrogens (tertiary/aromatic N) is 3. The maximum absolute atomic E-state index is 14.5. The lowest BCUT2D eigenvalue weighted by atomic mass is 10.0. The lowest BCUT2D eigenvalue weighted by Crippen LogP contribution is -2.30. The van der Waals surface area contributed by atoms with Crippen LogP contribution in [0.25, 0.3) is 22.3 Å². The van der Waals surface area contributed by atoms with Crippen molar-refractivity contribution in [3.63, 3.8) is 0 Å². The number of pyridine rings is 1. The number of H-pyrrole nitrogens is 1. The van der Waals surface area contributed by atoms with Crippen molar-refractivity contribution >= 4 is 28.5 Å². The number of carbonyl (C=O) groups excluding carboxylic acids is 2. The molecule has 0 fully saturated rings. The molecular formula is C21H13FN4O2. The summed E-state index contributed by atoms with van der Waals surface area (Å²) in [5, 5.41) is 7.52. The smallest absolute Gasteiger partial charge is 0.267 e. The third kappa shape index (κ3) is 2.19. The summed E-state index contributed by atoms with van der Waals surface area (Å²) in [7, 11) is 0. The summed E-state index contributed by atoms with van der Waals surface area (Å²) in [6.45, 7) is 1.74. The van der Waals surface area contributed by atoms with Crippen LogP contribution in [0.3, 0.4) is 0 Å². The van der Waals surface area contributed by atoms with Crippen molar-refractivity contribution in [1.29, 1.82) is 0 Å². The van der Waals surface area contributed by atoms with Gasteiger partial charge in [0.2, 0.25) is 0 Å². The minimum absolute atomic E-state index is 0.0743. The molecule has 0 spiro atoms. The first-order valence-corrected chi connectivity index (χ1v) is 8.63.